The minimum absolute atomic E-state index is 0.0416. The first-order valence-electron chi connectivity index (χ1n) is 9.61. The summed E-state index contributed by atoms with van der Waals surface area (Å²) in [5.41, 5.74) is 1.25. The van der Waals surface area contributed by atoms with Crippen LogP contribution < -0.4 is 5.32 Å². The van der Waals surface area contributed by atoms with Crippen LogP contribution in [0.15, 0.2) is 42.5 Å². The van der Waals surface area contributed by atoms with Crippen molar-refractivity contribution in [2.75, 3.05) is 6.54 Å². The maximum atomic E-state index is 13.2. The maximum Gasteiger partial charge on any atom is 0.242 e. The molecule has 1 N–H and O–H groups in total. The van der Waals surface area contributed by atoms with Crippen molar-refractivity contribution in [2.24, 2.45) is 0 Å². The van der Waals surface area contributed by atoms with Crippen molar-refractivity contribution in [3.8, 4) is 0 Å². The molecule has 0 spiro atoms. The third kappa shape index (κ3) is 6.44. The molecular formula is C22H25Cl2FN2O2. The zero-order valence-electron chi connectivity index (χ0n) is 16.6. The third-order valence-corrected chi connectivity index (χ3v) is 5.30. The van der Waals surface area contributed by atoms with Gasteiger partial charge in [0.2, 0.25) is 11.8 Å². The van der Waals surface area contributed by atoms with Gasteiger partial charge in [-0.2, -0.15) is 0 Å². The monoisotopic (exact) mass is 438 g/mol. The van der Waals surface area contributed by atoms with Crippen LogP contribution in [0.1, 0.15) is 37.8 Å². The van der Waals surface area contributed by atoms with Crippen LogP contribution in [0, 0.1) is 5.82 Å². The second kappa shape index (κ2) is 11.2. The SMILES string of the molecule is CCCNC(=O)[C@H](CC)N(Cc1c(Cl)cccc1Cl)C(=O)Cc1ccc(F)cc1. The lowest BCUT2D eigenvalue weighted by Gasteiger charge is -2.31. The van der Waals surface area contributed by atoms with Crippen LogP contribution >= 0.6 is 23.2 Å². The molecule has 0 aliphatic carbocycles. The fourth-order valence-electron chi connectivity index (χ4n) is 3.02. The van der Waals surface area contributed by atoms with Gasteiger partial charge in [-0.25, -0.2) is 4.39 Å². The Kier molecular flexibility index (Phi) is 8.93. The highest BCUT2D eigenvalue weighted by atomic mass is 35.5. The molecule has 0 aromatic heterocycles. The molecule has 2 aromatic rings. The van der Waals surface area contributed by atoms with E-state index in [9.17, 15) is 14.0 Å². The summed E-state index contributed by atoms with van der Waals surface area (Å²) in [5, 5.41) is 3.72. The molecule has 0 saturated heterocycles. The van der Waals surface area contributed by atoms with Crippen LogP contribution in [0.25, 0.3) is 0 Å². The van der Waals surface area contributed by atoms with Gasteiger partial charge >= 0.3 is 0 Å². The Labute approximate surface area is 181 Å². The van der Waals surface area contributed by atoms with Crippen LogP contribution in [0.2, 0.25) is 10.0 Å². The average Bonchev–Trinajstić information content (AvgIpc) is 2.70. The quantitative estimate of drug-likeness (QED) is 0.597. The van der Waals surface area contributed by atoms with E-state index in [0.717, 1.165) is 6.42 Å². The molecule has 0 heterocycles. The normalized spacial score (nSPS) is 11.8. The molecule has 0 aliphatic heterocycles. The molecule has 7 heteroatoms. The van der Waals surface area contributed by atoms with Crippen molar-refractivity contribution < 1.29 is 14.0 Å². The molecule has 2 amide bonds. The van der Waals surface area contributed by atoms with Crippen molar-refractivity contribution in [3.05, 3.63) is 69.5 Å². The van der Waals surface area contributed by atoms with E-state index in [2.05, 4.69) is 5.32 Å². The Hall–Kier alpha value is -2.11. The molecule has 0 bridgehead atoms. The summed E-state index contributed by atoms with van der Waals surface area (Å²) >= 11 is 12.6. The number of hydrogen-bond donors (Lipinski definition) is 1. The number of hydrogen-bond acceptors (Lipinski definition) is 2. The minimum Gasteiger partial charge on any atom is -0.354 e. The van der Waals surface area contributed by atoms with Gasteiger partial charge in [0.25, 0.3) is 0 Å². The van der Waals surface area contributed by atoms with E-state index in [1.165, 1.54) is 17.0 Å². The molecule has 156 valence electrons. The van der Waals surface area contributed by atoms with Crippen molar-refractivity contribution in [2.45, 2.75) is 45.7 Å². The van der Waals surface area contributed by atoms with E-state index in [1.54, 1.807) is 30.3 Å². The van der Waals surface area contributed by atoms with Crippen molar-refractivity contribution in [1.82, 2.24) is 10.2 Å². The summed E-state index contributed by atoms with van der Waals surface area (Å²) in [6.07, 6.45) is 1.27. The highest BCUT2D eigenvalue weighted by Gasteiger charge is 2.29. The van der Waals surface area contributed by atoms with E-state index in [1.807, 2.05) is 13.8 Å². The number of benzene rings is 2. The van der Waals surface area contributed by atoms with Crippen LogP contribution in [0.3, 0.4) is 0 Å². The van der Waals surface area contributed by atoms with E-state index in [0.29, 0.717) is 34.1 Å². The molecule has 0 fully saturated rings. The number of halogens is 3. The first-order chi connectivity index (χ1) is 13.9. The van der Waals surface area contributed by atoms with Gasteiger partial charge in [-0.05, 0) is 42.7 Å². The molecule has 4 nitrogen and oxygen atoms in total. The summed E-state index contributed by atoms with van der Waals surface area (Å²) in [7, 11) is 0. The summed E-state index contributed by atoms with van der Waals surface area (Å²) in [6.45, 7) is 4.45. The summed E-state index contributed by atoms with van der Waals surface area (Å²) in [5.74, 6) is -0.845. The lowest BCUT2D eigenvalue weighted by atomic mass is 10.1. The van der Waals surface area contributed by atoms with E-state index < -0.39 is 6.04 Å². The fraction of sp³-hybridized carbons (Fsp3) is 0.364. The zero-order valence-corrected chi connectivity index (χ0v) is 18.1. The van der Waals surface area contributed by atoms with Crippen molar-refractivity contribution >= 4 is 35.0 Å². The number of carbonyl (C=O) groups is 2. The Morgan fingerprint density at radius 2 is 1.69 bits per heavy atom. The zero-order chi connectivity index (χ0) is 21.4. The Balaban J connectivity index is 2.33. The van der Waals surface area contributed by atoms with Gasteiger partial charge in [0, 0.05) is 28.7 Å². The molecule has 1 atom stereocenters. The number of nitrogens with one attached hydrogen (secondary N) is 1. The Bertz CT molecular complexity index is 823. The maximum absolute atomic E-state index is 13.2. The molecular weight excluding hydrogens is 414 g/mol. The number of rotatable bonds is 9. The number of nitrogens with zero attached hydrogens (tertiary/aromatic N) is 1. The van der Waals surface area contributed by atoms with Crippen LogP contribution in [0.4, 0.5) is 4.39 Å². The Morgan fingerprint density at radius 1 is 1.07 bits per heavy atom. The average molecular weight is 439 g/mol. The van der Waals surface area contributed by atoms with E-state index in [4.69, 9.17) is 23.2 Å². The standard InChI is InChI=1S/C22H25Cl2FN2O2/c1-3-12-26-22(29)20(4-2)27(14-17-18(23)6-5-7-19(17)24)21(28)13-15-8-10-16(25)11-9-15/h5-11,20H,3-4,12-14H2,1-2H3,(H,26,29)/t20-/m0/s1. The summed E-state index contributed by atoms with van der Waals surface area (Å²) in [4.78, 5) is 27.4. The first-order valence-corrected chi connectivity index (χ1v) is 10.4. The summed E-state index contributed by atoms with van der Waals surface area (Å²) < 4.78 is 13.2. The van der Waals surface area contributed by atoms with Crippen molar-refractivity contribution in [1.29, 1.82) is 0 Å². The van der Waals surface area contributed by atoms with Crippen LogP contribution in [-0.2, 0) is 22.6 Å². The van der Waals surface area contributed by atoms with Crippen LogP contribution in [0.5, 0.6) is 0 Å². The van der Waals surface area contributed by atoms with E-state index in [-0.39, 0.29) is 30.6 Å². The number of carbonyl (C=O) groups excluding carboxylic acids is 2. The second-order valence-electron chi connectivity index (χ2n) is 6.74. The molecule has 29 heavy (non-hydrogen) atoms. The van der Waals surface area contributed by atoms with Gasteiger partial charge in [-0.15, -0.1) is 0 Å². The summed E-state index contributed by atoms with van der Waals surface area (Å²) in [6, 6.07) is 10.2. The smallest absolute Gasteiger partial charge is 0.242 e. The fourth-order valence-corrected chi connectivity index (χ4v) is 3.53. The predicted molar refractivity (Wildman–Crippen MR) is 114 cm³/mol. The van der Waals surface area contributed by atoms with Gasteiger partial charge in [-0.3, -0.25) is 9.59 Å². The topological polar surface area (TPSA) is 49.4 Å². The first kappa shape index (κ1) is 23.2. The molecule has 0 unspecified atom stereocenters. The van der Waals surface area contributed by atoms with Gasteiger partial charge in [-0.1, -0.05) is 55.2 Å². The largest absolute Gasteiger partial charge is 0.354 e. The van der Waals surface area contributed by atoms with Gasteiger partial charge < -0.3 is 10.2 Å². The lowest BCUT2D eigenvalue weighted by Crippen LogP contribution is -2.49. The van der Waals surface area contributed by atoms with Gasteiger partial charge in [0.05, 0.1) is 6.42 Å². The molecule has 0 saturated carbocycles. The number of amides is 2. The highest BCUT2D eigenvalue weighted by Crippen LogP contribution is 2.27. The van der Waals surface area contributed by atoms with E-state index >= 15 is 0 Å². The van der Waals surface area contributed by atoms with Gasteiger partial charge in [0.15, 0.2) is 0 Å². The van der Waals surface area contributed by atoms with Gasteiger partial charge in [0.1, 0.15) is 11.9 Å². The third-order valence-electron chi connectivity index (χ3n) is 4.59. The van der Waals surface area contributed by atoms with Crippen LogP contribution in [-0.4, -0.2) is 29.3 Å². The second-order valence-corrected chi connectivity index (χ2v) is 7.55. The highest BCUT2D eigenvalue weighted by molar-refractivity contribution is 6.36. The predicted octanol–water partition coefficient (Wildman–Crippen LogP) is 5.01. The minimum atomic E-state index is -0.665. The molecule has 0 radical (unpaired) electrons. The Morgan fingerprint density at radius 3 is 2.24 bits per heavy atom. The molecule has 0 aliphatic rings. The molecule has 2 rings (SSSR count). The lowest BCUT2D eigenvalue weighted by molar-refractivity contribution is -0.140. The van der Waals surface area contributed by atoms with Crippen molar-refractivity contribution in [3.63, 3.8) is 0 Å². The molecule has 2 aromatic carbocycles.